The van der Waals surface area contributed by atoms with Crippen molar-refractivity contribution in [2.75, 3.05) is 16.6 Å². The molecule has 0 saturated carbocycles. The van der Waals surface area contributed by atoms with Gasteiger partial charge in [0.25, 0.3) is 0 Å². The van der Waals surface area contributed by atoms with E-state index in [9.17, 15) is 8.42 Å². The number of nitrogens with zero attached hydrogens (tertiary/aromatic N) is 1. The quantitative estimate of drug-likeness (QED) is 0.822. The first kappa shape index (κ1) is 13.8. The molecule has 0 unspecified atom stereocenters. The number of rotatable bonds is 5. The molecule has 0 fully saturated rings. The molecule has 4 nitrogen and oxygen atoms in total. The summed E-state index contributed by atoms with van der Waals surface area (Å²) in [7, 11) is -3.32. The van der Waals surface area contributed by atoms with E-state index >= 15 is 0 Å². The number of anilines is 2. The molecule has 1 aromatic carbocycles. The number of para-hydroxylation sites is 2. The van der Waals surface area contributed by atoms with Crippen LogP contribution in [0.25, 0.3) is 0 Å². The molecule has 0 aliphatic rings. The first-order valence-electron chi connectivity index (χ1n) is 5.77. The lowest BCUT2D eigenvalue weighted by atomic mass is 10.2. The highest BCUT2D eigenvalue weighted by Crippen LogP contribution is 2.27. The molecule has 0 bridgehead atoms. The predicted molar refractivity (Wildman–Crippen MR) is 72.5 cm³/mol. The minimum Gasteiger partial charge on any atom is -0.397 e. The van der Waals surface area contributed by atoms with Crippen LogP contribution in [0.1, 0.15) is 27.2 Å². The van der Waals surface area contributed by atoms with E-state index in [1.165, 1.54) is 4.31 Å². The lowest BCUT2D eigenvalue weighted by molar-refractivity contribution is 0.581. The molecule has 0 amide bonds. The van der Waals surface area contributed by atoms with Gasteiger partial charge in [0.05, 0.1) is 16.6 Å². The lowest BCUT2D eigenvalue weighted by Crippen LogP contribution is -2.37. The van der Waals surface area contributed by atoms with Crippen LogP contribution in [0.15, 0.2) is 24.3 Å². The number of benzene rings is 1. The molecule has 0 aliphatic heterocycles. The van der Waals surface area contributed by atoms with E-state index in [2.05, 4.69) is 0 Å². The number of sulfonamides is 1. The summed E-state index contributed by atoms with van der Waals surface area (Å²) < 4.78 is 25.9. The van der Waals surface area contributed by atoms with Crippen LogP contribution in [0.4, 0.5) is 11.4 Å². The van der Waals surface area contributed by atoms with Crippen LogP contribution >= 0.6 is 0 Å². The van der Waals surface area contributed by atoms with Gasteiger partial charge in [0.1, 0.15) is 0 Å². The van der Waals surface area contributed by atoms with Crippen LogP contribution in [0.2, 0.25) is 0 Å². The third-order valence-electron chi connectivity index (χ3n) is 2.54. The Kier molecular flexibility index (Phi) is 4.40. The Balaban J connectivity index is 3.24. The van der Waals surface area contributed by atoms with Crippen molar-refractivity contribution in [3.05, 3.63) is 24.3 Å². The van der Waals surface area contributed by atoms with Crippen LogP contribution in [0, 0.1) is 0 Å². The van der Waals surface area contributed by atoms with Crippen LogP contribution in [0.3, 0.4) is 0 Å². The van der Waals surface area contributed by atoms with Crippen molar-refractivity contribution in [1.29, 1.82) is 0 Å². The Hall–Kier alpha value is -1.23. The summed E-state index contributed by atoms with van der Waals surface area (Å²) in [5.74, 6) is 0. The van der Waals surface area contributed by atoms with Crippen molar-refractivity contribution in [2.24, 2.45) is 0 Å². The molecule has 0 saturated heterocycles. The van der Waals surface area contributed by atoms with Gasteiger partial charge in [-0.3, -0.25) is 4.31 Å². The maximum Gasteiger partial charge on any atom is 0.237 e. The molecule has 0 spiro atoms. The zero-order chi connectivity index (χ0) is 13.1. The molecule has 0 aromatic heterocycles. The standard InChI is InChI=1S/C12H20N2O2S/c1-4-9-14(17(15,16)10(2)3)12-8-6-5-7-11(12)13/h5-8,10H,4,9,13H2,1-3H3. The van der Waals surface area contributed by atoms with E-state index < -0.39 is 15.3 Å². The zero-order valence-electron chi connectivity index (χ0n) is 10.6. The molecule has 1 rings (SSSR count). The van der Waals surface area contributed by atoms with Gasteiger partial charge in [-0.05, 0) is 32.4 Å². The van der Waals surface area contributed by atoms with Crippen LogP contribution in [-0.4, -0.2) is 20.2 Å². The summed E-state index contributed by atoms with van der Waals surface area (Å²) in [5, 5.41) is -0.450. The van der Waals surface area contributed by atoms with Gasteiger partial charge in [0.2, 0.25) is 10.0 Å². The summed E-state index contributed by atoms with van der Waals surface area (Å²) in [6, 6.07) is 7.05. The smallest absolute Gasteiger partial charge is 0.237 e. The first-order valence-corrected chi connectivity index (χ1v) is 7.27. The molecule has 17 heavy (non-hydrogen) atoms. The van der Waals surface area contributed by atoms with Crippen LogP contribution in [0.5, 0.6) is 0 Å². The van der Waals surface area contributed by atoms with Gasteiger partial charge in [0, 0.05) is 6.54 Å². The molecule has 96 valence electrons. The van der Waals surface area contributed by atoms with Crippen LogP contribution < -0.4 is 10.0 Å². The molecule has 1 aromatic rings. The van der Waals surface area contributed by atoms with E-state index in [1.54, 1.807) is 38.1 Å². The topological polar surface area (TPSA) is 63.4 Å². The van der Waals surface area contributed by atoms with Crippen molar-refractivity contribution >= 4 is 21.4 Å². The third kappa shape index (κ3) is 2.91. The first-order chi connectivity index (χ1) is 7.91. The fourth-order valence-electron chi connectivity index (χ4n) is 1.56. The second-order valence-corrected chi connectivity index (χ2v) is 6.64. The van der Waals surface area contributed by atoms with Gasteiger partial charge in [-0.2, -0.15) is 0 Å². The summed E-state index contributed by atoms with van der Waals surface area (Å²) >= 11 is 0. The van der Waals surface area contributed by atoms with Gasteiger partial charge >= 0.3 is 0 Å². The SMILES string of the molecule is CCCN(c1ccccc1N)S(=O)(=O)C(C)C. The molecular weight excluding hydrogens is 236 g/mol. The number of nitrogen functional groups attached to an aromatic ring is 1. The van der Waals surface area contributed by atoms with E-state index in [1.807, 2.05) is 6.92 Å². The van der Waals surface area contributed by atoms with Gasteiger partial charge < -0.3 is 5.73 Å². The highest BCUT2D eigenvalue weighted by molar-refractivity contribution is 7.93. The lowest BCUT2D eigenvalue weighted by Gasteiger charge is -2.27. The Morgan fingerprint density at radius 2 is 1.88 bits per heavy atom. The molecule has 0 radical (unpaired) electrons. The van der Waals surface area contributed by atoms with Crippen LogP contribution in [-0.2, 0) is 10.0 Å². The van der Waals surface area contributed by atoms with E-state index in [-0.39, 0.29) is 0 Å². The molecular formula is C12H20N2O2S. The molecule has 0 aliphatic carbocycles. The number of hydrogen-bond donors (Lipinski definition) is 1. The minimum atomic E-state index is -3.32. The normalized spacial score (nSPS) is 11.8. The molecule has 0 heterocycles. The van der Waals surface area contributed by atoms with E-state index in [0.717, 1.165) is 6.42 Å². The Bertz CT molecular complexity index is 469. The average Bonchev–Trinajstić information content (AvgIpc) is 2.26. The minimum absolute atomic E-state index is 0.450. The van der Waals surface area contributed by atoms with Crippen molar-refractivity contribution in [2.45, 2.75) is 32.4 Å². The zero-order valence-corrected chi connectivity index (χ0v) is 11.4. The second-order valence-electron chi connectivity index (χ2n) is 4.22. The van der Waals surface area contributed by atoms with Crippen molar-refractivity contribution in [3.63, 3.8) is 0 Å². The summed E-state index contributed by atoms with van der Waals surface area (Å²) in [4.78, 5) is 0. The van der Waals surface area contributed by atoms with Crippen molar-refractivity contribution < 1.29 is 8.42 Å². The Morgan fingerprint density at radius 1 is 1.29 bits per heavy atom. The summed E-state index contributed by atoms with van der Waals surface area (Å²) in [5.41, 5.74) is 6.91. The van der Waals surface area contributed by atoms with Crippen molar-refractivity contribution in [3.8, 4) is 0 Å². The van der Waals surface area contributed by atoms with Gasteiger partial charge in [0.15, 0.2) is 0 Å². The monoisotopic (exact) mass is 256 g/mol. The van der Waals surface area contributed by atoms with E-state index in [4.69, 9.17) is 5.73 Å². The van der Waals surface area contributed by atoms with Gasteiger partial charge in [-0.15, -0.1) is 0 Å². The summed E-state index contributed by atoms with van der Waals surface area (Å²) in [6.07, 6.45) is 0.750. The Labute approximate surface area is 103 Å². The molecule has 5 heteroatoms. The van der Waals surface area contributed by atoms with E-state index in [0.29, 0.717) is 17.9 Å². The molecule has 0 atom stereocenters. The fraction of sp³-hybridized carbons (Fsp3) is 0.500. The number of hydrogen-bond acceptors (Lipinski definition) is 3. The Morgan fingerprint density at radius 3 is 2.35 bits per heavy atom. The largest absolute Gasteiger partial charge is 0.397 e. The van der Waals surface area contributed by atoms with Gasteiger partial charge in [-0.1, -0.05) is 19.1 Å². The molecule has 2 N–H and O–H groups in total. The highest BCUT2D eigenvalue weighted by Gasteiger charge is 2.26. The maximum absolute atomic E-state index is 12.2. The summed E-state index contributed by atoms with van der Waals surface area (Å²) in [6.45, 7) is 5.75. The third-order valence-corrected chi connectivity index (χ3v) is 4.72. The van der Waals surface area contributed by atoms with Crippen molar-refractivity contribution in [1.82, 2.24) is 0 Å². The fourth-order valence-corrected chi connectivity index (χ4v) is 2.94. The highest BCUT2D eigenvalue weighted by atomic mass is 32.2. The second kappa shape index (κ2) is 5.40. The predicted octanol–water partition coefficient (Wildman–Crippen LogP) is 2.22. The van der Waals surface area contributed by atoms with Gasteiger partial charge in [-0.25, -0.2) is 8.42 Å². The average molecular weight is 256 g/mol. The maximum atomic E-state index is 12.2. The number of nitrogens with two attached hydrogens (primary N) is 1.